The number of hydrogen-bond donors (Lipinski definition) is 1. The van der Waals surface area contributed by atoms with Gasteiger partial charge in [-0.15, -0.1) is 17.8 Å². The van der Waals surface area contributed by atoms with Crippen molar-refractivity contribution in [3.8, 4) is 18.0 Å². The van der Waals surface area contributed by atoms with Gasteiger partial charge in [0.05, 0.1) is 6.54 Å². The topological polar surface area (TPSA) is 46.9 Å². The highest BCUT2D eigenvalue weighted by molar-refractivity contribution is 7.25. The number of aromatic nitrogens is 2. The Hall–Kier alpha value is -3.17. The summed E-state index contributed by atoms with van der Waals surface area (Å²) in [6.07, 6.45) is 8.71. The van der Waals surface area contributed by atoms with E-state index in [0.29, 0.717) is 16.9 Å². The molecule has 0 aliphatic carbocycles. The van der Waals surface area contributed by atoms with E-state index in [1.807, 2.05) is 12.1 Å². The molecule has 0 spiro atoms. The van der Waals surface area contributed by atoms with Crippen molar-refractivity contribution in [3.05, 3.63) is 65.0 Å². The van der Waals surface area contributed by atoms with Crippen LogP contribution in [0.1, 0.15) is 0 Å². The van der Waals surface area contributed by atoms with Crippen LogP contribution in [-0.2, 0) is 0 Å². The lowest BCUT2D eigenvalue weighted by atomic mass is 10.2. The second kappa shape index (κ2) is 6.04. The lowest BCUT2D eigenvalue weighted by Gasteiger charge is -2.06. The maximum absolute atomic E-state index is 13.1. The Kier molecular flexibility index (Phi) is 3.71. The van der Waals surface area contributed by atoms with Gasteiger partial charge >= 0.3 is 0 Å². The number of fused-ring (bicyclic) bond motifs is 3. The summed E-state index contributed by atoms with van der Waals surface area (Å²) in [6.45, 7) is 0.392. The molecule has 0 aliphatic rings. The zero-order valence-electron chi connectivity index (χ0n) is 13.0. The summed E-state index contributed by atoms with van der Waals surface area (Å²) in [7, 11) is 0. The molecule has 4 rings (SSSR count). The van der Waals surface area contributed by atoms with E-state index in [4.69, 9.17) is 6.42 Å². The molecule has 3 heterocycles. The second-order valence-corrected chi connectivity index (χ2v) is 6.41. The number of pyridine rings is 2. The first-order chi connectivity index (χ1) is 12.2. The van der Waals surface area contributed by atoms with Crippen molar-refractivity contribution >= 4 is 37.3 Å². The minimum Gasteiger partial charge on any atom is -0.374 e. The van der Waals surface area contributed by atoms with Crippen LogP contribution in [0.15, 0.2) is 53.6 Å². The van der Waals surface area contributed by atoms with Crippen molar-refractivity contribution in [1.82, 2.24) is 9.55 Å². The van der Waals surface area contributed by atoms with Gasteiger partial charge in [0.15, 0.2) is 0 Å². The van der Waals surface area contributed by atoms with Crippen molar-refractivity contribution in [1.29, 1.82) is 0 Å². The number of anilines is 1. The zero-order valence-corrected chi connectivity index (χ0v) is 13.8. The smallest absolute Gasteiger partial charge is 0.273 e. The van der Waals surface area contributed by atoms with Gasteiger partial charge < -0.3 is 5.32 Å². The van der Waals surface area contributed by atoms with E-state index in [2.05, 4.69) is 16.2 Å². The molecular formula is C19H12FN3OS. The number of nitrogens with zero attached hydrogens (tertiary/aromatic N) is 2. The Labute approximate surface area is 146 Å². The van der Waals surface area contributed by atoms with E-state index in [9.17, 15) is 9.18 Å². The summed E-state index contributed by atoms with van der Waals surface area (Å²) in [5, 5.41) is 4.89. The first-order valence-corrected chi connectivity index (χ1v) is 8.37. The fourth-order valence-electron chi connectivity index (χ4n) is 2.79. The molecular weight excluding hydrogens is 337 g/mol. The molecule has 3 aromatic heterocycles. The van der Waals surface area contributed by atoms with Gasteiger partial charge in [-0.05, 0) is 36.4 Å². The minimum atomic E-state index is -0.340. The summed E-state index contributed by atoms with van der Waals surface area (Å²) in [6, 6.07) is 9.54. The number of hydrogen-bond acceptors (Lipinski definition) is 4. The predicted octanol–water partition coefficient (Wildman–Crippen LogP) is 3.78. The summed E-state index contributed by atoms with van der Waals surface area (Å²) in [4.78, 5) is 18.0. The molecule has 122 valence electrons. The maximum atomic E-state index is 13.1. The predicted molar refractivity (Wildman–Crippen MR) is 100 cm³/mol. The van der Waals surface area contributed by atoms with Gasteiger partial charge in [0, 0.05) is 34.5 Å². The van der Waals surface area contributed by atoms with Crippen LogP contribution in [0.4, 0.5) is 10.1 Å². The highest BCUT2D eigenvalue weighted by Crippen LogP contribution is 2.35. The summed E-state index contributed by atoms with van der Waals surface area (Å²) in [5.41, 5.74) is 1.31. The van der Waals surface area contributed by atoms with Crippen molar-refractivity contribution in [2.24, 2.45) is 0 Å². The van der Waals surface area contributed by atoms with Gasteiger partial charge in [-0.25, -0.2) is 9.37 Å². The van der Waals surface area contributed by atoms with Gasteiger partial charge in [0.25, 0.3) is 5.56 Å². The Morgan fingerprint density at radius 1 is 1.24 bits per heavy atom. The highest BCUT2D eigenvalue weighted by Gasteiger charge is 2.14. The fourth-order valence-corrected chi connectivity index (χ4v) is 3.88. The molecule has 0 radical (unpaired) electrons. The van der Waals surface area contributed by atoms with Gasteiger partial charge in [-0.2, -0.15) is 0 Å². The van der Waals surface area contributed by atoms with Crippen LogP contribution in [0.3, 0.4) is 0 Å². The molecule has 6 heteroatoms. The van der Waals surface area contributed by atoms with Crippen LogP contribution >= 0.6 is 11.3 Å². The number of benzene rings is 1. The third-order valence-corrected chi connectivity index (χ3v) is 5.02. The average molecular weight is 349 g/mol. The molecule has 1 N–H and O–H groups in total. The summed E-state index contributed by atoms with van der Waals surface area (Å²) in [5.74, 6) is 2.20. The summed E-state index contributed by atoms with van der Waals surface area (Å²) < 4.78 is 15.2. The Bertz CT molecular complexity index is 1190. The quantitative estimate of drug-likeness (QED) is 0.573. The van der Waals surface area contributed by atoms with Crippen LogP contribution in [0.5, 0.6) is 0 Å². The van der Waals surface area contributed by atoms with Crippen LogP contribution in [-0.4, -0.2) is 16.1 Å². The molecule has 0 fully saturated rings. The van der Waals surface area contributed by atoms with Crippen molar-refractivity contribution in [3.63, 3.8) is 0 Å². The van der Waals surface area contributed by atoms with Crippen LogP contribution < -0.4 is 10.9 Å². The average Bonchev–Trinajstić information content (AvgIpc) is 3.01. The molecule has 0 unspecified atom stereocenters. The maximum Gasteiger partial charge on any atom is 0.273 e. The lowest BCUT2D eigenvalue weighted by molar-refractivity contribution is 0.627. The van der Waals surface area contributed by atoms with E-state index in [0.717, 1.165) is 21.3 Å². The monoisotopic (exact) mass is 349 g/mol. The molecule has 0 amide bonds. The molecule has 1 aromatic carbocycles. The lowest BCUT2D eigenvalue weighted by Crippen LogP contribution is -2.16. The van der Waals surface area contributed by atoms with Crippen molar-refractivity contribution < 1.29 is 4.39 Å². The van der Waals surface area contributed by atoms with Crippen molar-refractivity contribution in [2.75, 3.05) is 11.9 Å². The minimum absolute atomic E-state index is 0.157. The molecule has 0 aliphatic heterocycles. The van der Waals surface area contributed by atoms with Gasteiger partial charge in [0.1, 0.15) is 15.3 Å². The van der Waals surface area contributed by atoms with Crippen LogP contribution in [0, 0.1) is 18.2 Å². The summed E-state index contributed by atoms with van der Waals surface area (Å²) >= 11 is 1.34. The van der Waals surface area contributed by atoms with E-state index in [-0.39, 0.29) is 11.4 Å². The third kappa shape index (κ3) is 2.55. The first-order valence-electron chi connectivity index (χ1n) is 7.55. The van der Waals surface area contributed by atoms with Crippen LogP contribution in [0.25, 0.3) is 26.0 Å². The van der Waals surface area contributed by atoms with Gasteiger partial charge in [0.2, 0.25) is 0 Å². The van der Waals surface area contributed by atoms with E-state index in [1.165, 1.54) is 28.0 Å². The fraction of sp³-hybridized carbons (Fsp3) is 0.0526. The molecule has 0 bridgehead atoms. The number of halogens is 1. The Balaban J connectivity index is 1.96. The number of nitrogens with one attached hydrogen (secondary N) is 1. The SMILES string of the molecule is C#CCNc1ccnc2sc3c(=O)n(-c4ccc(F)cc4)ccc3c12. The van der Waals surface area contributed by atoms with E-state index >= 15 is 0 Å². The van der Waals surface area contributed by atoms with E-state index < -0.39 is 0 Å². The first kappa shape index (κ1) is 15.4. The van der Waals surface area contributed by atoms with Gasteiger partial charge in [-0.3, -0.25) is 9.36 Å². The molecule has 25 heavy (non-hydrogen) atoms. The van der Waals surface area contributed by atoms with Gasteiger partial charge in [-0.1, -0.05) is 5.92 Å². The normalized spacial score (nSPS) is 10.9. The molecule has 0 saturated heterocycles. The molecule has 0 saturated carbocycles. The Morgan fingerprint density at radius 2 is 2.04 bits per heavy atom. The molecule has 4 nitrogen and oxygen atoms in total. The largest absolute Gasteiger partial charge is 0.374 e. The number of terminal acetylenes is 1. The molecule has 4 aromatic rings. The number of thiophene rings is 1. The van der Waals surface area contributed by atoms with Crippen LogP contribution in [0.2, 0.25) is 0 Å². The third-order valence-electron chi connectivity index (χ3n) is 3.92. The molecule has 0 atom stereocenters. The number of rotatable bonds is 3. The van der Waals surface area contributed by atoms with E-state index in [1.54, 1.807) is 24.5 Å². The standard InChI is InChI=1S/C19H12FN3OS/c1-2-9-21-15-7-10-22-18-16(15)14-8-11-23(19(24)17(14)25-18)13-5-3-12(20)4-6-13/h1,3-8,10-11H,9H2,(H,21,22). The highest BCUT2D eigenvalue weighted by atomic mass is 32.1. The van der Waals surface area contributed by atoms with Crippen molar-refractivity contribution in [2.45, 2.75) is 0 Å². The zero-order chi connectivity index (χ0) is 17.4. The Morgan fingerprint density at radius 3 is 2.80 bits per heavy atom. The second-order valence-electron chi connectivity index (χ2n) is 5.41.